The zero-order valence-corrected chi connectivity index (χ0v) is 13.6. The van der Waals surface area contributed by atoms with Crippen LogP contribution in [0.2, 0.25) is 0 Å². The number of carbonyl (C=O) groups is 2. The molecular formula is C17H20FN3O3. The molecular weight excluding hydrogens is 313 g/mol. The molecule has 128 valence electrons. The third-order valence-corrected chi connectivity index (χ3v) is 3.72. The van der Waals surface area contributed by atoms with Crippen LogP contribution in [-0.4, -0.2) is 33.3 Å². The number of aliphatic carboxylic acids is 1. The molecule has 0 saturated heterocycles. The summed E-state index contributed by atoms with van der Waals surface area (Å²) < 4.78 is 14.6. The fourth-order valence-corrected chi connectivity index (χ4v) is 2.42. The first-order chi connectivity index (χ1) is 11.4. The molecule has 1 heterocycles. The molecule has 24 heavy (non-hydrogen) atoms. The second kappa shape index (κ2) is 7.72. The Morgan fingerprint density at radius 3 is 2.75 bits per heavy atom. The highest BCUT2D eigenvalue weighted by atomic mass is 19.1. The van der Waals surface area contributed by atoms with Crippen LogP contribution < -0.4 is 5.32 Å². The summed E-state index contributed by atoms with van der Waals surface area (Å²) in [4.78, 5) is 23.2. The summed E-state index contributed by atoms with van der Waals surface area (Å²) in [7, 11) is 0. The van der Waals surface area contributed by atoms with Crippen LogP contribution in [0, 0.1) is 18.7 Å². The Kier molecular flexibility index (Phi) is 5.68. The molecule has 0 spiro atoms. The molecule has 0 aliphatic heterocycles. The number of nitrogens with zero attached hydrogens (tertiary/aromatic N) is 2. The zero-order valence-electron chi connectivity index (χ0n) is 13.6. The molecule has 0 aliphatic rings. The molecule has 0 bridgehead atoms. The Hall–Kier alpha value is -2.70. The van der Waals surface area contributed by atoms with Gasteiger partial charge in [-0.2, -0.15) is 5.10 Å². The van der Waals surface area contributed by atoms with Crippen LogP contribution in [0.3, 0.4) is 0 Å². The minimum atomic E-state index is -0.926. The van der Waals surface area contributed by atoms with Crippen LogP contribution in [0.1, 0.15) is 35.8 Å². The van der Waals surface area contributed by atoms with Crippen molar-refractivity contribution in [1.29, 1.82) is 0 Å². The van der Waals surface area contributed by atoms with Crippen molar-refractivity contribution < 1.29 is 19.1 Å². The van der Waals surface area contributed by atoms with Gasteiger partial charge in [0, 0.05) is 12.7 Å². The fourth-order valence-electron chi connectivity index (χ4n) is 2.42. The number of benzene rings is 1. The smallest absolute Gasteiger partial charge is 0.308 e. The number of halogens is 1. The quantitative estimate of drug-likeness (QED) is 0.815. The number of nitrogens with one attached hydrogen (secondary N) is 1. The van der Waals surface area contributed by atoms with E-state index >= 15 is 0 Å². The average molecular weight is 333 g/mol. The van der Waals surface area contributed by atoms with E-state index in [1.165, 1.54) is 22.9 Å². The van der Waals surface area contributed by atoms with Gasteiger partial charge in [0.15, 0.2) is 5.69 Å². The second-order valence-electron chi connectivity index (χ2n) is 5.61. The summed E-state index contributed by atoms with van der Waals surface area (Å²) in [5.41, 5.74) is 1.54. The van der Waals surface area contributed by atoms with Crippen molar-refractivity contribution in [3.8, 4) is 5.69 Å². The Labute approximate surface area is 139 Å². The Bertz CT molecular complexity index is 742. The van der Waals surface area contributed by atoms with E-state index in [-0.39, 0.29) is 18.1 Å². The van der Waals surface area contributed by atoms with Gasteiger partial charge in [-0.1, -0.05) is 13.3 Å². The number of carbonyl (C=O) groups excluding carboxylic acids is 1. The number of carboxylic acids is 1. The van der Waals surface area contributed by atoms with Crippen molar-refractivity contribution in [1.82, 2.24) is 15.1 Å². The first-order valence-corrected chi connectivity index (χ1v) is 7.75. The standard InChI is InChI=1S/C17H20FN3O3/c1-3-4-12(17(23)24)10-19-16(22)14-7-8-21(20-14)15-6-5-13(18)9-11(15)2/h5-9,12H,3-4,10H2,1-2H3,(H,19,22)(H,23,24). The molecule has 1 aromatic carbocycles. The van der Waals surface area contributed by atoms with E-state index in [1.807, 2.05) is 6.92 Å². The maximum absolute atomic E-state index is 13.2. The summed E-state index contributed by atoms with van der Waals surface area (Å²) in [6.07, 6.45) is 2.83. The summed E-state index contributed by atoms with van der Waals surface area (Å²) >= 11 is 0. The lowest BCUT2D eigenvalue weighted by Crippen LogP contribution is -2.33. The summed E-state index contributed by atoms with van der Waals surface area (Å²) in [6.45, 7) is 3.71. The number of carboxylic acid groups (broad SMARTS) is 1. The molecule has 7 heteroatoms. The van der Waals surface area contributed by atoms with Gasteiger partial charge in [-0.15, -0.1) is 0 Å². The van der Waals surface area contributed by atoms with E-state index in [0.717, 1.165) is 6.42 Å². The van der Waals surface area contributed by atoms with Crippen molar-refractivity contribution in [3.63, 3.8) is 0 Å². The van der Waals surface area contributed by atoms with Crippen LogP contribution in [0.4, 0.5) is 4.39 Å². The summed E-state index contributed by atoms with van der Waals surface area (Å²) in [5.74, 6) is -2.31. The number of amides is 1. The number of aromatic nitrogens is 2. The highest BCUT2D eigenvalue weighted by molar-refractivity contribution is 5.92. The van der Waals surface area contributed by atoms with E-state index in [9.17, 15) is 14.0 Å². The Morgan fingerprint density at radius 2 is 2.12 bits per heavy atom. The van der Waals surface area contributed by atoms with Gasteiger partial charge in [0.25, 0.3) is 5.91 Å². The minimum absolute atomic E-state index is 0.0600. The zero-order chi connectivity index (χ0) is 17.7. The lowest BCUT2D eigenvalue weighted by atomic mass is 10.0. The highest BCUT2D eigenvalue weighted by Crippen LogP contribution is 2.15. The van der Waals surface area contributed by atoms with E-state index in [0.29, 0.717) is 17.7 Å². The molecule has 1 aromatic heterocycles. The van der Waals surface area contributed by atoms with E-state index in [1.54, 1.807) is 19.2 Å². The number of hydrogen-bond acceptors (Lipinski definition) is 3. The van der Waals surface area contributed by atoms with Gasteiger partial charge in [0.1, 0.15) is 5.82 Å². The largest absolute Gasteiger partial charge is 0.481 e. The van der Waals surface area contributed by atoms with Gasteiger partial charge in [-0.3, -0.25) is 9.59 Å². The normalized spacial score (nSPS) is 12.0. The third kappa shape index (κ3) is 4.18. The van der Waals surface area contributed by atoms with Gasteiger partial charge in [-0.25, -0.2) is 9.07 Å². The number of aryl methyl sites for hydroxylation is 1. The van der Waals surface area contributed by atoms with Gasteiger partial charge in [-0.05, 0) is 43.2 Å². The van der Waals surface area contributed by atoms with Crippen molar-refractivity contribution in [2.45, 2.75) is 26.7 Å². The molecule has 2 rings (SSSR count). The third-order valence-electron chi connectivity index (χ3n) is 3.72. The van der Waals surface area contributed by atoms with Crippen LogP contribution >= 0.6 is 0 Å². The Balaban J connectivity index is 2.07. The monoisotopic (exact) mass is 333 g/mol. The topological polar surface area (TPSA) is 84.2 Å². The van der Waals surface area contributed by atoms with Crippen LogP contribution in [0.5, 0.6) is 0 Å². The molecule has 2 N–H and O–H groups in total. The average Bonchev–Trinajstić information content (AvgIpc) is 3.00. The van der Waals surface area contributed by atoms with Gasteiger partial charge < -0.3 is 10.4 Å². The van der Waals surface area contributed by atoms with Gasteiger partial charge in [0.05, 0.1) is 11.6 Å². The molecule has 0 fully saturated rings. The molecule has 6 nitrogen and oxygen atoms in total. The second-order valence-corrected chi connectivity index (χ2v) is 5.61. The predicted molar refractivity (Wildman–Crippen MR) is 86.6 cm³/mol. The number of rotatable bonds is 7. The fraction of sp³-hybridized carbons (Fsp3) is 0.353. The number of hydrogen-bond donors (Lipinski definition) is 2. The molecule has 1 atom stereocenters. The maximum Gasteiger partial charge on any atom is 0.308 e. The minimum Gasteiger partial charge on any atom is -0.481 e. The van der Waals surface area contributed by atoms with Crippen LogP contribution in [-0.2, 0) is 4.79 Å². The lowest BCUT2D eigenvalue weighted by Gasteiger charge is -2.11. The first kappa shape index (κ1) is 17.7. The molecule has 0 radical (unpaired) electrons. The van der Waals surface area contributed by atoms with E-state index in [4.69, 9.17) is 5.11 Å². The van der Waals surface area contributed by atoms with Crippen molar-refractivity contribution >= 4 is 11.9 Å². The SMILES string of the molecule is CCCC(CNC(=O)c1ccn(-c2ccc(F)cc2C)n1)C(=O)O. The summed E-state index contributed by atoms with van der Waals surface area (Å²) in [5, 5.41) is 15.9. The van der Waals surface area contributed by atoms with Crippen molar-refractivity contribution in [2.75, 3.05) is 6.54 Å². The molecule has 1 amide bonds. The molecule has 0 aliphatic carbocycles. The molecule has 1 unspecified atom stereocenters. The predicted octanol–water partition coefficient (Wildman–Crippen LogP) is 2.55. The van der Waals surface area contributed by atoms with Crippen molar-refractivity contribution in [2.24, 2.45) is 5.92 Å². The molecule has 2 aromatic rings. The first-order valence-electron chi connectivity index (χ1n) is 7.75. The highest BCUT2D eigenvalue weighted by Gasteiger charge is 2.18. The van der Waals surface area contributed by atoms with Gasteiger partial charge >= 0.3 is 5.97 Å². The maximum atomic E-state index is 13.2. The van der Waals surface area contributed by atoms with Crippen molar-refractivity contribution in [3.05, 3.63) is 47.5 Å². The van der Waals surface area contributed by atoms with E-state index in [2.05, 4.69) is 10.4 Å². The van der Waals surface area contributed by atoms with E-state index < -0.39 is 17.8 Å². The van der Waals surface area contributed by atoms with Crippen LogP contribution in [0.25, 0.3) is 5.69 Å². The molecule has 0 saturated carbocycles. The van der Waals surface area contributed by atoms with Crippen LogP contribution in [0.15, 0.2) is 30.5 Å². The summed E-state index contributed by atoms with van der Waals surface area (Å²) in [6, 6.07) is 5.83. The Morgan fingerprint density at radius 1 is 1.38 bits per heavy atom. The van der Waals surface area contributed by atoms with Gasteiger partial charge in [0.2, 0.25) is 0 Å². The lowest BCUT2D eigenvalue weighted by molar-refractivity contribution is -0.141.